The molecule has 0 aromatic carbocycles. The Hall–Kier alpha value is -0.940. The number of amides is 1. The summed E-state index contributed by atoms with van der Waals surface area (Å²) in [5.74, 6) is -0.429. The summed E-state index contributed by atoms with van der Waals surface area (Å²) in [6, 6.07) is 5.65. The molecular weight excluding hydrogens is 240 g/mol. The smallest absolute Gasteiger partial charge is 0.244 e. The zero-order valence-electron chi connectivity index (χ0n) is 9.18. The van der Waals surface area contributed by atoms with Crippen molar-refractivity contribution in [2.75, 3.05) is 0 Å². The average molecular weight is 254 g/mol. The van der Waals surface area contributed by atoms with Crippen LogP contribution in [0.4, 0.5) is 0 Å². The Morgan fingerprint density at radius 1 is 1.62 bits per heavy atom. The molecule has 0 saturated carbocycles. The van der Waals surface area contributed by atoms with Gasteiger partial charge in [0.1, 0.15) is 0 Å². The highest BCUT2D eigenvalue weighted by molar-refractivity contribution is 8.11. The molecule has 0 bridgehead atoms. The van der Waals surface area contributed by atoms with Crippen molar-refractivity contribution >= 4 is 30.3 Å². The third-order valence-corrected chi connectivity index (χ3v) is 3.21. The van der Waals surface area contributed by atoms with Crippen LogP contribution < -0.4 is 5.73 Å². The average Bonchev–Trinajstić information content (AvgIpc) is 2.17. The Bertz CT molecular complexity index is 402. The topological polar surface area (TPSA) is 56.0 Å². The van der Waals surface area contributed by atoms with E-state index in [2.05, 4.69) is 17.6 Å². The minimum atomic E-state index is -0.506. The zero-order valence-corrected chi connectivity index (χ0v) is 10.9. The molecule has 2 N–H and O–H groups in total. The van der Waals surface area contributed by atoms with E-state index < -0.39 is 9.99 Å². The predicted molar refractivity (Wildman–Crippen MR) is 70.4 cm³/mol. The summed E-state index contributed by atoms with van der Waals surface area (Å²) in [6.07, 6.45) is 3.45. The molecule has 1 aromatic heterocycles. The van der Waals surface area contributed by atoms with Crippen molar-refractivity contribution in [3.8, 4) is 0 Å². The quantitative estimate of drug-likeness (QED) is 0.375. The van der Waals surface area contributed by atoms with Crippen LogP contribution in [0.1, 0.15) is 13.8 Å². The molecule has 0 saturated heterocycles. The third kappa shape index (κ3) is 4.28. The van der Waals surface area contributed by atoms with Gasteiger partial charge in [0.05, 0.1) is 9.11 Å². The molecule has 0 aliphatic heterocycles. The lowest BCUT2D eigenvalue weighted by Crippen LogP contribution is -2.16. The number of rotatable bonds is 4. The number of hydrogen-bond donors (Lipinski definition) is 2. The molecule has 0 fully saturated rings. The number of nitrogens with zero attached hydrogens (tertiary/aromatic N) is 1. The van der Waals surface area contributed by atoms with E-state index in [4.69, 9.17) is 5.73 Å². The summed E-state index contributed by atoms with van der Waals surface area (Å²) >= 11 is 5.93. The van der Waals surface area contributed by atoms with Gasteiger partial charge in [-0.25, -0.2) is 4.98 Å². The van der Waals surface area contributed by atoms with Crippen LogP contribution in [0.5, 0.6) is 0 Å². The number of thioether (sulfide) groups is 1. The lowest BCUT2D eigenvalue weighted by molar-refractivity contribution is -0.114. The fraction of sp³-hybridized carbons (Fsp3) is 0.273. The minimum Gasteiger partial charge on any atom is -0.366 e. The first kappa shape index (κ1) is 13.1. The number of nitrogens with two attached hydrogens (primary N) is 1. The summed E-state index contributed by atoms with van der Waals surface area (Å²) in [4.78, 5) is 15.1. The molecule has 16 heavy (non-hydrogen) atoms. The van der Waals surface area contributed by atoms with E-state index in [-0.39, 0.29) is 0 Å². The molecule has 5 heteroatoms. The van der Waals surface area contributed by atoms with Crippen molar-refractivity contribution in [1.82, 2.24) is 4.98 Å². The van der Waals surface area contributed by atoms with Gasteiger partial charge < -0.3 is 5.73 Å². The molecule has 1 heterocycles. The Labute approximate surface area is 105 Å². The number of carbonyl (C=O) groups is 1. The lowest BCUT2D eigenvalue weighted by atomic mass is 10.2. The standard InChI is InChI=1S/C11H14N2OS2/c1-8(10(12)14)7-11(2,15)16-9-5-3-4-6-13-9/h3-7,15H,1-2H3,(H2,12,14)/b8-7+. The largest absolute Gasteiger partial charge is 0.366 e. The van der Waals surface area contributed by atoms with E-state index in [1.807, 2.05) is 25.1 Å². The van der Waals surface area contributed by atoms with Crippen molar-refractivity contribution in [3.05, 3.63) is 36.0 Å². The zero-order chi connectivity index (χ0) is 12.2. The van der Waals surface area contributed by atoms with Gasteiger partial charge in [-0.3, -0.25) is 4.79 Å². The SMILES string of the molecule is C/C(=C\C(C)(S)Sc1ccccn1)C(N)=O. The van der Waals surface area contributed by atoms with Crippen LogP contribution >= 0.6 is 24.4 Å². The van der Waals surface area contributed by atoms with Crippen LogP contribution in [0.25, 0.3) is 0 Å². The van der Waals surface area contributed by atoms with Crippen LogP contribution in [0, 0.1) is 0 Å². The normalized spacial score (nSPS) is 15.6. The van der Waals surface area contributed by atoms with Gasteiger partial charge in [0.25, 0.3) is 0 Å². The second-order valence-corrected chi connectivity index (χ2v) is 6.22. The summed E-state index contributed by atoms with van der Waals surface area (Å²) in [5.41, 5.74) is 5.67. The summed E-state index contributed by atoms with van der Waals surface area (Å²) in [6.45, 7) is 3.57. The summed E-state index contributed by atoms with van der Waals surface area (Å²) in [5, 5.41) is 0.855. The molecule has 0 aliphatic rings. The number of pyridine rings is 1. The van der Waals surface area contributed by atoms with E-state index >= 15 is 0 Å². The highest BCUT2D eigenvalue weighted by Gasteiger charge is 2.19. The lowest BCUT2D eigenvalue weighted by Gasteiger charge is -2.18. The second-order valence-electron chi connectivity index (χ2n) is 3.52. The van der Waals surface area contributed by atoms with E-state index in [0.29, 0.717) is 5.57 Å². The first-order valence-electron chi connectivity index (χ1n) is 4.72. The van der Waals surface area contributed by atoms with E-state index in [0.717, 1.165) is 5.03 Å². The Balaban J connectivity index is 2.80. The van der Waals surface area contributed by atoms with Crippen LogP contribution in [-0.2, 0) is 4.79 Å². The molecule has 1 atom stereocenters. The molecule has 1 amide bonds. The fourth-order valence-electron chi connectivity index (χ4n) is 1.12. The molecule has 0 radical (unpaired) electrons. The Kier molecular flexibility index (Phi) is 4.44. The first-order chi connectivity index (χ1) is 7.41. The number of hydrogen-bond acceptors (Lipinski definition) is 4. The van der Waals surface area contributed by atoms with Gasteiger partial charge >= 0.3 is 0 Å². The number of aromatic nitrogens is 1. The van der Waals surface area contributed by atoms with Gasteiger partial charge in [-0.15, -0.1) is 0 Å². The summed E-state index contributed by atoms with van der Waals surface area (Å²) < 4.78 is -0.506. The van der Waals surface area contributed by atoms with Crippen molar-refractivity contribution < 1.29 is 4.79 Å². The molecule has 1 unspecified atom stereocenters. The monoisotopic (exact) mass is 254 g/mol. The van der Waals surface area contributed by atoms with Crippen molar-refractivity contribution in [1.29, 1.82) is 0 Å². The Morgan fingerprint density at radius 2 is 2.31 bits per heavy atom. The van der Waals surface area contributed by atoms with E-state index in [1.54, 1.807) is 19.2 Å². The fourth-order valence-corrected chi connectivity index (χ4v) is 2.52. The molecule has 0 spiro atoms. The molecule has 1 aromatic rings. The second kappa shape index (κ2) is 5.41. The highest BCUT2D eigenvalue weighted by Crippen LogP contribution is 2.36. The van der Waals surface area contributed by atoms with Gasteiger partial charge in [-0.05, 0) is 26.0 Å². The molecule has 0 aliphatic carbocycles. The van der Waals surface area contributed by atoms with Crippen LogP contribution in [0.3, 0.4) is 0 Å². The van der Waals surface area contributed by atoms with Gasteiger partial charge in [-0.2, -0.15) is 12.6 Å². The van der Waals surface area contributed by atoms with Crippen molar-refractivity contribution in [2.24, 2.45) is 5.73 Å². The van der Waals surface area contributed by atoms with Crippen molar-refractivity contribution in [3.63, 3.8) is 0 Å². The minimum absolute atomic E-state index is 0.429. The molecule has 1 rings (SSSR count). The Morgan fingerprint density at radius 3 is 2.81 bits per heavy atom. The highest BCUT2D eigenvalue weighted by atomic mass is 32.2. The number of primary amides is 1. The van der Waals surface area contributed by atoms with Gasteiger partial charge in [0.2, 0.25) is 5.91 Å². The number of carbonyl (C=O) groups excluding carboxylic acids is 1. The van der Waals surface area contributed by atoms with Crippen molar-refractivity contribution in [2.45, 2.75) is 23.0 Å². The summed E-state index contributed by atoms with van der Waals surface area (Å²) in [7, 11) is 0. The maximum Gasteiger partial charge on any atom is 0.244 e. The maximum absolute atomic E-state index is 10.9. The molecule has 86 valence electrons. The molecular formula is C11H14N2OS2. The van der Waals surface area contributed by atoms with E-state index in [9.17, 15) is 4.79 Å². The van der Waals surface area contributed by atoms with Crippen LogP contribution in [0.15, 0.2) is 41.1 Å². The number of thiol groups is 1. The van der Waals surface area contributed by atoms with Crippen LogP contribution in [0.2, 0.25) is 0 Å². The first-order valence-corrected chi connectivity index (χ1v) is 5.99. The van der Waals surface area contributed by atoms with Crippen LogP contribution in [-0.4, -0.2) is 15.0 Å². The predicted octanol–water partition coefficient (Wildman–Crippen LogP) is 2.25. The third-order valence-electron chi connectivity index (χ3n) is 1.82. The maximum atomic E-state index is 10.9. The molecule has 3 nitrogen and oxygen atoms in total. The van der Waals surface area contributed by atoms with Gasteiger partial charge in [0, 0.05) is 11.8 Å². The van der Waals surface area contributed by atoms with Gasteiger partial charge in [0.15, 0.2) is 0 Å². The van der Waals surface area contributed by atoms with E-state index in [1.165, 1.54) is 11.8 Å². The van der Waals surface area contributed by atoms with Gasteiger partial charge in [-0.1, -0.05) is 23.9 Å².